The minimum Gasteiger partial charge on any atom is -0.382 e. The van der Waals surface area contributed by atoms with E-state index >= 15 is 0 Å². The van der Waals surface area contributed by atoms with Gasteiger partial charge in [0.15, 0.2) is 5.96 Å². The molecule has 1 aromatic carbocycles. The van der Waals surface area contributed by atoms with Crippen molar-refractivity contribution in [3.63, 3.8) is 0 Å². The van der Waals surface area contributed by atoms with Crippen molar-refractivity contribution in [2.75, 3.05) is 45.6 Å². The van der Waals surface area contributed by atoms with Gasteiger partial charge >= 0.3 is 0 Å². The molecule has 1 unspecified atom stereocenters. The summed E-state index contributed by atoms with van der Waals surface area (Å²) >= 11 is 0. The molecule has 2 fully saturated rings. The molecule has 172 valence electrons. The van der Waals surface area contributed by atoms with Crippen LogP contribution < -0.4 is 11.1 Å². The number of nitrogens with one attached hydrogen (secondary N) is 1. The van der Waals surface area contributed by atoms with Crippen molar-refractivity contribution in [1.29, 1.82) is 5.26 Å². The van der Waals surface area contributed by atoms with E-state index in [0.29, 0.717) is 23.2 Å². The van der Waals surface area contributed by atoms with Gasteiger partial charge in [-0.3, -0.25) is 4.99 Å². The predicted octanol–water partition coefficient (Wildman–Crippen LogP) is 2.87. The van der Waals surface area contributed by atoms with Crippen molar-refractivity contribution in [2.24, 2.45) is 10.4 Å². The van der Waals surface area contributed by atoms with Crippen LogP contribution in [-0.2, 0) is 11.2 Å². The number of hydrogen-bond acceptors (Lipinski definition) is 5. The van der Waals surface area contributed by atoms with Gasteiger partial charge in [0.05, 0.1) is 18.0 Å². The number of nitrogens with zero attached hydrogens (tertiary/aromatic N) is 5. The number of aromatic nitrogens is 2. The molecular formula is C23H32IN7O. The number of benzene rings is 1. The molecule has 0 amide bonds. The molecule has 2 saturated heterocycles. The second-order valence-electron chi connectivity index (χ2n) is 8.62. The summed E-state index contributed by atoms with van der Waals surface area (Å²) in [6, 6.07) is 10.2. The lowest BCUT2D eigenvalue weighted by Gasteiger charge is -2.24. The van der Waals surface area contributed by atoms with Crippen molar-refractivity contribution in [1.82, 2.24) is 20.0 Å². The summed E-state index contributed by atoms with van der Waals surface area (Å²) in [7, 11) is 1.83. The van der Waals surface area contributed by atoms with Crippen molar-refractivity contribution >= 4 is 35.8 Å². The van der Waals surface area contributed by atoms with Crippen LogP contribution in [0.5, 0.6) is 0 Å². The maximum atomic E-state index is 9.60. The highest BCUT2D eigenvalue weighted by Crippen LogP contribution is 2.38. The first-order chi connectivity index (χ1) is 15.0. The normalized spacial score (nSPS) is 20.4. The lowest BCUT2D eigenvalue weighted by atomic mass is 9.87. The van der Waals surface area contributed by atoms with Crippen LogP contribution in [-0.4, -0.2) is 60.5 Å². The van der Waals surface area contributed by atoms with Gasteiger partial charge in [0.2, 0.25) is 0 Å². The Morgan fingerprint density at radius 1 is 1.34 bits per heavy atom. The standard InChI is InChI=1S/C23H31N7O.HI/c1-17-5-7-18(8-6-17)30-21(25)19(14-24)20(28-30)4-3-11-27-22(26-2)29-12-9-23(15-29)10-13-31-16-23;/h5-8H,3-4,9-13,15-16,25H2,1-2H3,(H,26,27);1H. The zero-order chi connectivity index (χ0) is 21.8. The fraction of sp³-hybridized carbons (Fsp3) is 0.522. The smallest absolute Gasteiger partial charge is 0.193 e. The summed E-state index contributed by atoms with van der Waals surface area (Å²) in [6.07, 6.45) is 3.81. The highest BCUT2D eigenvalue weighted by molar-refractivity contribution is 14.0. The lowest BCUT2D eigenvalue weighted by Crippen LogP contribution is -2.41. The van der Waals surface area contributed by atoms with E-state index in [4.69, 9.17) is 10.5 Å². The number of likely N-dealkylation sites (tertiary alicyclic amines) is 1. The van der Waals surface area contributed by atoms with Gasteiger partial charge in [-0.05, 0) is 44.7 Å². The van der Waals surface area contributed by atoms with E-state index in [1.807, 2.05) is 38.2 Å². The molecule has 32 heavy (non-hydrogen) atoms. The number of halogens is 1. The monoisotopic (exact) mass is 549 g/mol. The number of nitrogens with two attached hydrogens (primary N) is 1. The molecule has 4 rings (SSSR count). The molecule has 3 heterocycles. The van der Waals surface area contributed by atoms with Crippen LogP contribution >= 0.6 is 24.0 Å². The second kappa shape index (κ2) is 10.5. The maximum absolute atomic E-state index is 9.60. The Kier molecular flexibility index (Phi) is 8.00. The molecule has 1 aromatic heterocycles. The van der Waals surface area contributed by atoms with Crippen molar-refractivity contribution in [3.05, 3.63) is 41.1 Å². The Hall–Kier alpha value is -2.32. The molecule has 3 N–H and O–H groups in total. The van der Waals surface area contributed by atoms with E-state index in [2.05, 4.69) is 26.4 Å². The van der Waals surface area contributed by atoms with Crippen LogP contribution in [0.1, 0.15) is 36.1 Å². The Balaban J connectivity index is 0.00000289. The van der Waals surface area contributed by atoms with E-state index in [-0.39, 0.29) is 24.0 Å². The molecule has 8 nitrogen and oxygen atoms in total. The number of ether oxygens (including phenoxy) is 1. The first kappa shape index (κ1) is 24.3. The summed E-state index contributed by atoms with van der Waals surface area (Å²) in [6.45, 7) is 6.55. The van der Waals surface area contributed by atoms with Gasteiger partial charge in [0.25, 0.3) is 0 Å². The molecule has 2 aromatic rings. The van der Waals surface area contributed by atoms with Crippen LogP contribution in [0.2, 0.25) is 0 Å². The summed E-state index contributed by atoms with van der Waals surface area (Å²) in [4.78, 5) is 6.80. The van der Waals surface area contributed by atoms with E-state index in [1.54, 1.807) is 4.68 Å². The van der Waals surface area contributed by atoms with Crippen LogP contribution in [0.25, 0.3) is 5.69 Å². The maximum Gasteiger partial charge on any atom is 0.193 e. The van der Waals surface area contributed by atoms with E-state index in [1.165, 1.54) is 5.56 Å². The molecule has 0 radical (unpaired) electrons. The molecule has 2 aliphatic heterocycles. The van der Waals surface area contributed by atoms with Crippen molar-refractivity contribution in [3.8, 4) is 11.8 Å². The SMILES string of the molecule is CN=C(NCCCc1nn(-c2ccc(C)cc2)c(N)c1C#N)N1CCC2(CCOC2)C1.I. The van der Waals surface area contributed by atoms with Crippen molar-refractivity contribution < 1.29 is 4.74 Å². The number of guanidine groups is 1. The molecule has 0 aliphatic carbocycles. The summed E-state index contributed by atoms with van der Waals surface area (Å²) in [5, 5.41) is 17.7. The van der Waals surface area contributed by atoms with E-state index in [0.717, 1.165) is 69.5 Å². The number of aliphatic imine (C=N–C) groups is 1. The van der Waals surface area contributed by atoms with Gasteiger partial charge in [-0.25, -0.2) is 4.68 Å². The third-order valence-corrected chi connectivity index (χ3v) is 6.39. The highest BCUT2D eigenvalue weighted by atomic mass is 127. The Bertz CT molecular complexity index is 987. The Morgan fingerprint density at radius 2 is 2.12 bits per heavy atom. The zero-order valence-electron chi connectivity index (χ0n) is 18.8. The largest absolute Gasteiger partial charge is 0.382 e. The second-order valence-corrected chi connectivity index (χ2v) is 8.62. The average molecular weight is 549 g/mol. The summed E-state index contributed by atoms with van der Waals surface area (Å²) < 4.78 is 7.29. The van der Waals surface area contributed by atoms with Crippen LogP contribution in [0, 0.1) is 23.7 Å². The van der Waals surface area contributed by atoms with Gasteiger partial charge in [-0.2, -0.15) is 10.4 Å². The summed E-state index contributed by atoms with van der Waals surface area (Å²) in [5.74, 6) is 1.33. The number of anilines is 1. The third-order valence-electron chi connectivity index (χ3n) is 6.39. The predicted molar refractivity (Wildman–Crippen MR) is 137 cm³/mol. The zero-order valence-corrected chi connectivity index (χ0v) is 21.1. The van der Waals surface area contributed by atoms with Gasteiger partial charge in [0.1, 0.15) is 17.5 Å². The number of rotatable bonds is 5. The van der Waals surface area contributed by atoms with Crippen molar-refractivity contribution in [2.45, 2.75) is 32.6 Å². The number of aryl methyl sites for hydroxylation is 2. The molecule has 1 atom stereocenters. The third kappa shape index (κ3) is 5.02. The molecule has 9 heteroatoms. The molecule has 1 spiro atoms. The first-order valence-corrected chi connectivity index (χ1v) is 10.9. The first-order valence-electron chi connectivity index (χ1n) is 10.9. The molecular weight excluding hydrogens is 517 g/mol. The van der Waals surface area contributed by atoms with Gasteiger partial charge in [0, 0.05) is 38.7 Å². The number of hydrogen-bond donors (Lipinski definition) is 2. The minimum absolute atomic E-state index is 0. The average Bonchev–Trinajstić information content (AvgIpc) is 3.49. The molecule has 0 bridgehead atoms. The molecule has 0 saturated carbocycles. The quantitative estimate of drug-likeness (QED) is 0.257. The minimum atomic E-state index is 0. The van der Waals surface area contributed by atoms with Gasteiger partial charge < -0.3 is 20.7 Å². The number of nitrogen functional groups attached to an aromatic ring is 1. The van der Waals surface area contributed by atoms with E-state index in [9.17, 15) is 5.26 Å². The Labute approximate surface area is 206 Å². The fourth-order valence-corrected chi connectivity index (χ4v) is 4.53. The van der Waals surface area contributed by atoms with Crippen LogP contribution in [0.15, 0.2) is 29.3 Å². The number of nitriles is 1. The fourth-order valence-electron chi connectivity index (χ4n) is 4.53. The molecule has 2 aliphatic rings. The van der Waals surface area contributed by atoms with Crippen LogP contribution in [0.3, 0.4) is 0 Å². The topological polar surface area (TPSA) is 104 Å². The van der Waals surface area contributed by atoms with Gasteiger partial charge in [-0.15, -0.1) is 24.0 Å². The summed E-state index contributed by atoms with van der Waals surface area (Å²) in [5.41, 5.74) is 9.76. The highest BCUT2D eigenvalue weighted by Gasteiger charge is 2.42. The van der Waals surface area contributed by atoms with E-state index < -0.39 is 0 Å². The van der Waals surface area contributed by atoms with Gasteiger partial charge in [-0.1, -0.05) is 17.7 Å². The van der Waals surface area contributed by atoms with Crippen LogP contribution in [0.4, 0.5) is 5.82 Å². The Morgan fingerprint density at radius 3 is 2.78 bits per heavy atom. The lowest BCUT2D eigenvalue weighted by molar-refractivity contribution is 0.156.